The van der Waals surface area contributed by atoms with Crippen LogP contribution in [-0.4, -0.2) is 22.7 Å². The normalized spacial score (nSPS) is 11.2. The molecule has 150 valence electrons. The van der Waals surface area contributed by atoms with Crippen LogP contribution in [0.3, 0.4) is 0 Å². The summed E-state index contributed by atoms with van der Waals surface area (Å²) in [4.78, 5) is 18.5. The smallest absolute Gasteiger partial charge is 0.321 e. The summed E-state index contributed by atoms with van der Waals surface area (Å²) in [5.41, 5.74) is 2.85. The summed E-state index contributed by atoms with van der Waals surface area (Å²) in [6, 6.07) is 6.99. The van der Waals surface area contributed by atoms with Gasteiger partial charge in [0.1, 0.15) is 0 Å². The molecule has 8 heteroatoms. The number of anilines is 1. The Hall–Kier alpha value is -1.80. The van der Waals surface area contributed by atoms with Gasteiger partial charge < -0.3 is 10.4 Å². The van der Waals surface area contributed by atoms with E-state index in [2.05, 4.69) is 15.6 Å². The molecule has 0 radical (unpaired) electrons. The van der Waals surface area contributed by atoms with Gasteiger partial charge in [0.2, 0.25) is 0 Å². The molecule has 1 aromatic heterocycles. The fraction of sp³-hybridized carbons (Fsp3) is 0.300. The molecule has 0 aliphatic carbocycles. The Labute approximate surface area is 178 Å². The van der Waals surface area contributed by atoms with Gasteiger partial charge in [-0.1, -0.05) is 54.1 Å². The molecule has 0 saturated heterocycles. The summed E-state index contributed by atoms with van der Waals surface area (Å²) < 4.78 is 0. The highest BCUT2D eigenvalue weighted by molar-refractivity contribution is 8.11. The van der Waals surface area contributed by atoms with Crippen molar-refractivity contribution in [3.05, 3.63) is 62.5 Å². The number of aromatic nitrogens is 1. The lowest BCUT2D eigenvalue weighted by Crippen LogP contribution is -2.28. The van der Waals surface area contributed by atoms with Gasteiger partial charge in [0, 0.05) is 26.8 Å². The number of aliphatic hydroxyl groups excluding tert-OH is 1. The van der Waals surface area contributed by atoms with Crippen LogP contribution in [0.1, 0.15) is 38.4 Å². The quantitative estimate of drug-likeness (QED) is 0.481. The van der Waals surface area contributed by atoms with Gasteiger partial charge in [0.25, 0.3) is 0 Å². The van der Waals surface area contributed by atoms with Crippen LogP contribution in [0.5, 0.6) is 0 Å². The molecule has 0 aliphatic rings. The molecule has 0 aliphatic heterocycles. The van der Waals surface area contributed by atoms with E-state index in [9.17, 15) is 9.90 Å². The second-order valence-electron chi connectivity index (χ2n) is 6.14. The lowest BCUT2D eigenvalue weighted by Gasteiger charge is -2.09. The third-order valence-corrected chi connectivity index (χ3v) is 5.99. The first-order chi connectivity index (χ1) is 13.4. The topological polar surface area (TPSA) is 74.2 Å². The second kappa shape index (κ2) is 11.3. The van der Waals surface area contributed by atoms with Gasteiger partial charge in [0.15, 0.2) is 5.13 Å². The lowest BCUT2D eigenvalue weighted by atomic mass is 10.2. The summed E-state index contributed by atoms with van der Waals surface area (Å²) in [5.74, 6) is 0. The lowest BCUT2D eigenvalue weighted by molar-refractivity contribution is 0.251. The maximum atomic E-state index is 12.1. The van der Waals surface area contributed by atoms with E-state index in [1.807, 2.05) is 44.4 Å². The van der Waals surface area contributed by atoms with E-state index in [4.69, 9.17) is 11.6 Å². The number of hydrogen-bond donors (Lipinski definition) is 3. The minimum atomic E-state index is -0.316. The number of urea groups is 1. The molecular formula is C20H24ClN3O2S2. The Balaban J connectivity index is 1.99. The number of rotatable bonds is 8. The van der Waals surface area contributed by atoms with Crippen molar-refractivity contribution in [3.8, 4) is 0 Å². The van der Waals surface area contributed by atoms with E-state index in [1.165, 1.54) is 23.1 Å². The second-order valence-corrected chi connectivity index (χ2v) is 8.57. The minimum Gasteiger partial charge on any atom is -0.391 e. The Morgan fingerprint density at radius 2 is 2.04 bits per heavy atom. The summed E-state index contributed by atoms with van der Waals surface area (Å²) in [5, 5.41) is 18.2. The number of nitrogens with zero attached hydrogens (tertiary/aromatic N) is 1. The van der Waals surface area contributed by atoms with Crippen LogP contribution in [0, 0.1) is 0 Å². The van der Waals surface area contributed by atoms with Crippen molar-refractivity contribution >= 4 is 50.8 Å². The number of amides is 2. The highest BCUT2D eigenvalue weighted by atomic mass is 35.5. The van der Waals surface area contributed by atoms with Crippen LogP contribution in [0.15, 0.2) is 46.2 Å². The molecule has 2 aromatic rings. The number of halogens is 1. The van der Waals surface area contributed by atoms with Gasteiger partial charge in [-0.3, -0.25) is 5.32 Å². The number of aliphatic hydroxyl groups is 1. The Morgan fingerprint density at radius 1 is 1.32 bits per heavy atom. The first-order valence-electron chi connectivity index (χ1n) is 8.83. The monoisotopic (exact) mass is 437 g/mol. The molecule has 0 saturated carbocycles. The van der Waals surface area contributed by atoms with E-state index in [0.29, 0.717) is 16.7 Å². The van der Waals surface area contributed by atoms with Crippen LogP contribution >= 0.6 is 34.7 Å². The average Bonchev–Trinajstić information content (AvgIpc) is 3.12. The SMILES string of the molecule is CC/C=C(\CO)SC(=C(C)C)c1csc(NC(=O)NCc2ccc(Cl)cc2)n1. The van der Waals surface area contributed by atoms with Gasteiger partial charge in [-0.05, 0) is 38.0 Å². The number of thioether (sulfide) groups is 1. The van der Waals surface area contributed by atoms with Crippen molar-refractivity contribution in [1.82, 2.24) is 10.3 Å². The molecule has 1 aromatic carbocycles. The molecule has 28 heavy (non-hydrogen) atoms. The van der Waals surface area contributed by atoms with Gasteiger partial charge in [0.05, 0.1) is 12.3 Å². The number of benzene rings is 1. The van der Waals surface area contributed by atoms with Gasteiger partial charge in [-0.25, -0.2) is 9.78 Å². The minimum absolute atomic E-state index is 0.00235. The highest BCUT2D eigenvalue weighted by Gasteiger charge is 2.13. The van der Waals surface area contributed by atoms with Gasteiger partial charge in [-0.15, -0.1) is 11.3 Å². The van der Waals surface area contributed by atoms with Crippen molar-refractivity contribution in [3.63, 3.8) is 0 Å². The molecule has 5 nitrogen and oxygen atoms in total. The highest BCUT2D eigenvalue weighted by Crippen LogP contribution is 2.37. The number of thiazole rings is 1. The van der Waals surface area contributed by atoms with Crippen LogP contribution in [0.4, 0.5) is 9.93 Å². The maximum absolute atomic E-state index is 12.1. The fourth-order valence-electron chi connectivity index (χ4n) is 2.27. The predicted octanol–water partition coefficient (Wildman–Crippen LogP) is 5.89. The molecule has 0 unspecified atom stereocenters. The van der Waals surface area contributed by atoms with Crippen molar-refractivity contribution in [1.29, 1.82) is 0 Å². The van der Waals surface area contributed by atoms with Crippen molar-refractivity contribution in [2.75, 3.05) is 11.9 Å². The summed E-state index contributed by atoms with van der Waals surface area (Å²) in [6.07, 6.45) is 2.86. The Morgan fingerprint density at radius 3 is 2.64 bits per heavy atom. The van der Waals surface area contributed by atoms with Crippen molar-refractivity contribution in [2.45, 2.75) is 33.7 Å². The van der Waals surface area contributed by atoms with Crippen LogP contribution in [-0.2, 0) is 6.54 Å². The standard InChI is InChI=1S/C20H24ClN3O2S2/c1-4-5-16(11-25)28-18(13(2)3)17-12-27-20(23-17)24-19(26)22-10-14-6-8-15(21)9-7-14/h5-9,12,25H,4,10-11H2,1-3H3,(H2,22,23,24,26)/b16-5+. The number of nitrogens with one attached hydrogen (secondary N) is 2. The average molecular weight is 438 g/mol. The van der Waals surface area contributed by atoms with E-state index in [0.717, 1.165) is 33.1 Å². The zero-order chi connectivity index (χ0) is 20.5. The van der Waals surface area contributed by atoms with E-state index >= 15 is 0 Å². The molecule has 2 rings (SSSR count). The maximum Gasteiger partial charge on any atom is 0.321 e. The molecule has 0 atom stereocenters. The third-order valence-electron chi connectivity index (χ3n) is 3.60. The van der Waals surface area contributed by atoms with Crippen LogP contribution in [0.25, 0.3) is 4.91 Å². The van der Waals surface area contributed by atoms with E-state index < -0.39 is 0 Å². The molecular weight excluding hydrogens is 414 g/mol. The zero-order valence-corrected chi connectivity index (χ0v) is 18.5. The first kappa shape index (κ1) is 22.5. The number of carbonyl (C=O) groups excluding carboxylic acids is 1. The Kier molecular flexibility index (Phi) is 9.05. The molecule has 0 fully saturated rings. The van der Waals surface area contributed by atoms with Crippen molar-refractivity contribution in [2.24, 2.45) is 0 Å². The van der Waals surface area contributed by atoms with Crippen LogP contribution in [0.2, 0.25) is 5.02 Å². The predicted molar refractivity (Wildman–Crippen MR) is 121 cm³/mol. The number of hydrogen-bond acceptors (Lipinski definition) is 5. The summed E-state index contributed by atoms with van der Waals surface area (Å²) in [6.45, 7) is 6.45. The summed E-state index contributed by atoms with van der Waals surface area (Å²) >= 11 is 8.74. The van der Waals surface area contributed by atoms with Crippen LogP contribution < -0.4 is 10.6 Å². The number of carbonyl (C=O) groups is 1. The summed E-state index contributed by atoms with van der Waals surface area (Å²) in [7, 11) is 0. The van der Waals surface area contributed by atoms with Gasteiger partial charge >= 0.3 is 6.03 Å². The largest absolute Gasteiger partial charge is 0.391 e. The van der Waals surface area contributed by atoms with E-state index in [-0.39, 0.29) is 12.6 Å². The number of allylic oxidation sites excluding steroid dienone is 2. The Bertz CT molecular complexity index is 857. The van der Waals surface area contributed by atoms with Gasteiger partial charge in [-0.2, -0.15) is 0 Å². The zero-order valence-electron chi connectivity index (χ0n) is 16.1. The molecule has 1 heterocycles. The first-order valence-corrected chi connectivity index (χ1v) is 10.9. The molecule has 0 spiro atoms. The molecule has 3 N–H and O–H groups in total. The van der Waals surface area contributed by atoms with E-state index in [1.54, 1.807) is 12.1 Å². The fourth-order valence-corrected chi connectivity index (χ4v) is 4.16. The molecule has 2 amide bonds. The molecule has 0 bridgehead atoms. The van der Waals surface area contributed by atoms with Crippen molar-refractivity contribution < 1.29 is 9.90 Å². The third kappa shape index (κ3) is 6.98.